The number of alkyl halides is 2. The van der Waals surface area contributed by atoms with E-state index < -0.39 is 5.92 Å². The predicted octanol–water partition coefficient (Wildman–Crippen LogP) is 3.85. The summed E-state index contributed by atoms with van der Waals surface area (Å²) in [4.78, 5) is 20.7. The Morgan fingerprint density at radius 3 is 2.63 bits per heavy atom. The third-order valence-electron chi connectivity index (χ3n) is 11.7. The van der Waals surface area contributed by atoms with E-state index in [4.69, 9.17) is 9.47 Å². The number of hydrogen-bond acceptors (Lipinski definition) is 5. The maximum Gasteiger partial charge on any atom is 0.250 e. The molecule has 5 atom stereocenters. The Labute approximate surface area is 223 Å². The first-order valence-corrected chi connectivity index (χ1v) is 14.9. The van der Waals surface area contributed by atoms with Gasteiger partial charge in [0.25, 0.3) is 5.92 Å². The second kappa shape index (κ2) is 8.06. The van der Waals surface area contributed by atoms with Gasteiger partial charge in [-0.1, -0.05) is 6.07 Å². The Kier molecular flexibility index (Phi) is 5.07. The van der Waals surface area contributed by atoms with Crippen molar-refractivity contribution in [2.45, 2.75) is 87.3 Å². The van der Waals surface area contributed by atoms with Crippen molar-refractivity contribution in [3.05, 3.63) is 23.3 Å². The van der Waals surface area contributed by atoms with E-state index in [0.717, 1.165) is 62.6 Å². The molecule has 0 unspecified atom stereocenters. The highest BCUT2D eigenvalue weighted by Gasteiger charge is 2.74. The van der Waals surface area contributed by atoms with Gasteiger partial charge in [-0.3, -0.25) is 14.6 Å². The van der Waals surface area contributed by atoms with E-state index in [1.54, 1.807) is 7.11 Å². The van der Waals surface area contributed by atoms with Gasteiger partial charge in [0, 0.05) is 61.5 Å². The average molecular weight is 528 g/mol. The predicted molar refractivity (Wildman–Crippen MR) is 138 cm³/mol. The molecule has 206 valence electrons. The molecule has 5 heterocycles. The van der Waals surface area contributed by atoms with Gasteiger partial charge in [-0.05, 0) is 69.0 Å². The number of nitrogens with zero attached hydrogens (tertiary/aromatic N) is 3. The molecule has 8 heteroatoms. The number of piperidine rings is 2. The van der Waals surface area contributed by atoms with Crippen LogP contribution >= 0.6 is 0 Å². The zero-order valence-corrected chi connectivity index (χ0v) is 22.4. The minimum atomic E-state index is -2.60. The number of carbonyl (C=O) groups excluding carboxylic acids is 1. The highest BCUT2D eigenvalue weighted by atomic mass is 19.3. The van der Waals surface area contributed by atoms with Gasteiger partial charge in [0.15, 0.2) is 11.5 Å². The summed E-state index contributed by atoms with van der Waals surface area (Å²) < 4.78 is 40.3. The molecule has 0 radical (unpaired) electrons. The van der Waals surface area contributed by atoms with Crippen LogP contribution in [0.5, 0.6) is 11.5 Å². The van der Waals surface area contributed by atoms with Crippen molar-refractivity contribution in [2.24, 2.45) is 11.3 Å². The number of carbonyl (C=O) groups is 1. The maximum absolute atomic E-state index is 13.9. The third-order valence-corrected chi connectivity index (χ3v) is 11.7. The van der Waals surface area contributed by atoms with Crippen LogP contribution in [-0.2, 0) is 16.6 Å². The average Bonchev–Trinajstić information content (AvgIpc) is 3.69. The summed E-state index contributed by atoms with van der Waals surface area (Å²) in [7, 11) is 1.72. The molecule has 6 fully saturated rings. The van der Waals surface area contributed by atoms with Crippen molar-refractivity contribution in [2.75, 3.05) is 46.4 Å². The molecule has 4 bridgehead atoms. The summed E-state index contributed by atoms with van der Waals surface area (Å²) in [5.41, 5.74) is 2.81. The zero-order valence-electron chi connectivity index (χ0n) is 22.4. The number of benzene rings is 1. The molecule has 0 aromatic heterocycles. The highest BCUT2D eigenvalue weighted by molar-refractivity contribution is 5.79. The normalized spacial score (nSPS) is 38.9. The van der Waals surface area contributed by atoms with Gasteiger partial charge in [0.1, 0.15) is 6.10 Å². The first-order valence-electron chi connectivity index (χ1n) is 14.9. The van der Waals surface area contributed by atoms with Crippen LogP contribution in [0.25, 0.3) is 0 Å². The Morgan fingerprint density at radius 2 is 1.87 bits per heavy atom. The number of amides is 1. The van der Waals surface area contributed by atoms with E-state index in [1.165, 1.54) is 30.5 Å². The Bertz CT molecular complexity index is 1160. The van der Waals surface area contributed by atoms with Gasteiger partial charge >= 0.3 is 0 Å². The summed E-state index contributed by atoms with van der Waals surface area (Å²) >= 11 is 0. The Hall–Kier alpha value is -1.93. The molecule has 0 N–H and O–H groups in total. The molecule has 38 heavy (non-hydrogen) atoms. The van der Waals surface area contributed by atoms with Crippen LogP contribution in [-0.4, -0.2) is 91.1 Å². The lowest BCUT2D eigenvalue weighted by Gasteiger charge is -2.66. The highest BCUT2D eigenvalue weighted by Crippen LogP contribution is 2.71. The number of ether oxygens (including phenoxy) is 2. The summed E-state index contributed by atoms with van der Waals surface area (Å²) in [6.07, 6.45) is 7.55. The van der Waals surface area contributed by atoms with Crippen LogP contribution in [0.1, 0.15) is 62.5 Å². The first kappa shape index (κ1) is 23.9. The molecule has 2 spiro atoms. The second-order valence-electron chi connectivity index (χ2n) is 13.3. The van der Waals surface area contributed by atoms with Crippen LogP contribution < -0.4 is 9.47 Å². The van der Waals surface area contributed by atoms with Crippen LogP contribution in [0.15, 0.2) is 12.1 Å². The van der Waals surface area contributed by atoms with Crippen molar-refractivity contribution in [3.63, 3.8) is 0 Å². The molecule has 6 nitrogen and oxygen atoms in total. The van der Waals surface area contributed by atoms with E-state index in [-0.39, 0.29) is 61.4 Å². The minimum Gasteiger partial charge on any atom is -0.493 e. The van der Waals surface area contributed by atoms with Crippen LogP contribution in [0.3, 0.4) is 0 Å². The quantitative estimate of drug-likeness (QED) is 0.582. The van der Waals surface area contributed by atoms with Gasteiger partial charge in [-0.15, -0.1) is 0 Å². The first-order chi connectivity index (χ1) is 18.4. The summed E-state index contributed by atoms with van der Waals surface area (Å²) in [5, 5.41) is 0. The van der Waals surface area contributed by atoms with Gasteiger partial charge in [0.2, 0.25) is 5.91 Å². The van der Waals surface area contributed by atoms with Gasteiger partial charge < -0.3 is 14.4 Å². The molecule has 8 aliphatic rings. The van der Waals surface area contributed by atoms with Crippen LogP contribution in [0, 0.1) is 11.3 Å². The lowest BCUT2D eigenvalue weighted by atomic mass is 9.42. The number of hydrogen-bond donors (Lipinski definition) is 0. The van der Waals surface area contributed by atoms with E-state index in [2.05, 4.69) is 21.9 Å². The maximum atomic E-state index is 13.9. The topological polar surface area (TPSA) is 45.3 Å². The molecular weight excluding hydrogens is 488 g/mol. The van der Waals surface area contributed by atoms with Crippen molar-refractivity contribution in [1.82, 2.24) is 14.7 Å². The molecule has 1 amide bonds. The van der Waals surface area contributed by atoms with Gasteiger partial charge in [-0.2, -0.15) is 0 Å². The fraction of sp³-hybridized carbons (Fsp3) is 0.767. The van der Waals surface area contributed by atoms with E-state index in [0.29, 0.717) is 6.04 Å². The molecule has 1 aromatic rings. The van der Waals surface area contributed by atoms with E-state index in [9.17, 15) is 13.6 Å². The van der Waals surface area contributed by atoms with Crippen molar-refractivity contribution < 1.29 is 23.0 Å². The van der Waals surface area contributed by atoms with Crippen molar-refractivity contribution in [3.8, 4) is 11.5 Å². The van der Waals surface area contributed by atoms with Crippen molar-refractivity contribution in [1.29, 1.82) is 0 Å². The molecule has 5 aliphatic heterocycles. The Morgan fingerprint density at radius 1 is 1.05 bits per heavy atom. The number of rotatable bonds is 5. The van der Waals surface area contributed by atoms with E-state index >= 15 is 0 Å². The molecule has 9 rings (SSSR count). The summed E-state index contributed by atoms with van der Waals surface area (Å²) in [6.45, 7) is 3.86. The SMILES string of the molecule is COc1ccc2c3c1O[C@H]1[C@H]4CC[C@@]5(CCN4C(=O)CN4CCC(F)(F)CC4)[C@@H](C2)N(CC2CC2)CC[C@]315. The Balaban J connectivity index is 1.17. The van der Waals surface area contributed by atoms with Crippen LogP contribution in [0.2, 0.25) is 0 Å². The van der Waals surface area contributed by atoms with Gasteiger partial charge in [-0.25, -0.2) is 8.78 Å². The zero-order chi connectivity index (χ0) is 25.9. The molecule has 4 saturated heterocycles. The third kappa shape index (κ3) is 3.13. The molecule has 1 aromatic carbocycles. The number of likely N-dealkylation sites (tertiary alicyclic amines) is 2. The molecule has 3 aliphatic carbocycles. The van der Waals surface area contributed by atoms with E-state index in [1.807, 2.05) is 4.90 Å². The fourth-order valence-corrected chi connectivity index (χ4v) is 9.77. The summed E-state index contributed by atoms with van der Waals surface area (Å²) in [5.74, 6) is 0.0722. The van der Waals surface area contributed by atoms with Crippen LogP contribution in [0.4, 0.5) is 8.78 Å². The smallest absolute Gasteiger partial charge is 0.250 e. The number of methoxy groups -OCH3 is 1. The largest absolute Gasteiger partial charge is 0.493 e. The lowest BCUT2D eigenvalue weighted by Crippen LogP contribution is -2.72. The monoisotopic (exact) mass is 527 g/mol. The number of fused-ring (bicyclic) bond motifs is 3. The number of halogens is 2. The lowest BCUT2D eigenvalue weighted by molar-refractivity contribution is -0.146. The second-order valence-corrected chi connectivity index (χ2v) is 13.3. The summed E-state index contributed by atoms with van der Waals surface area (Å²) in [6, 6.07) is 4.85. The minimum absolute atomic E-state index is 0.0167. The molecule has 2 saturated carbocycles. The standard InChI is InChI=1S/C30H39F2N3O3/c1-37-22-5-4-20-16-23-28-7-6-21(35(15-8-28)24(36)18-33-12-9-29(31,32)10-13-33)27-30(28,25(20)26(22)38-27)11-14-34(23)17-19-2-3-19/h4-5,19,21,23,27H,2-3,6-18H2,1H3/t21-,23-,27+,28-,30+/m1/s1. The van der Waals surface area contributed by atoms with Gasteiger partial charge in [0.05, 0.1) is 19.7 Å². The molecular formula is C30H39F2N3O3. The fourth-order valence-electron chi connectivity index (χ4n) is 9.77. The van der Waals surface area contributed by atoms with Crippen molar-refractivity contribution >= 4 is 5.91 Å².